The molecule has 0 spiro atoms. The molecule has 0 aliphatic rings. The second-order valence-corrected chi connectivity index (χ2v) is 4.58. The lowest BCUT2D eigenvalue weighted by molar-refractivity contribution is 0.206. The molecular formula is C10H14BrN3O2. The molecule has 5 nitrogen and oxygen atoms in total. The van der Waals surface area contributed by atoms with Gasteiger partial charge in [0.15, 0.2) is 0 Å². The van der Waals surface area contributed by atoms with Crippen molar-refractivity contribution in [2.45, 2.75) is 13.5 Å². The van der Waals surface area contributed by atoms with E-state index in [2.05, 4.69) is 33.0 Å². The minimum absolute atomic E-state index is 0.179. The quantitative estimate of drug-likeness (QED) is 0.922. The van der Waals surface area contributed by atoms with Gasteiger partial charge in [-0.2, -0.15) is 0 Å². The zero-order valence-electron chi connectivity index (χ0n) is 9.29. The summed E-state index contributed by atoms with van der Waals surface area (Å²) in [5.74, 6) is 0.734. The number of aromatic nitrogens is 1. The molecule has 0 fully saturated rings. The maximum absolute atomic E-state index is 11.6. The van der Waals surface area contributed by atoms with Gasteiger partial charge in [-0.3, -0.25) is 0 Å². The first kappa shape index (κ1) is 12.8. The average Bonchev–Trinajstić information content (AvgIpc) is 2.60. The summed E-state index contributed by atoms with van der Waals surface area (Å²) in [6.45, 7) is 6.26. The van der Waals surface area contributed by atoms with E-state index >= 15 is 0 Å². The van der Waals surface area contributed by atoms with Crippen molar-refractivity contribution in [3.05, 3.63) is 28.6 Å². The van der Waals surface area contributed by atoms with Crippen LogP contribution in [-0.4, -0.2) is 29.7 Å². The van der Waals surface area contributed by atoms with Crippen LogP contribution in [0.2, 0.25) is 0 Å². The number of nitrogens with zero attached hydrogens (tertiary/aromatic N) is 2. The number of rotatable bonds is 4. The van der Waals surface area contributed by atoms with E-state index in [1.807, 2.05) is 6.92 Å². The predicted octanol–water partition coefficient (Wildman–Crippen LogP) is 2.03. The minimum atomic E-state index is -0.179. The van der Waals surface area contributed by atoms with Crippen LogP contribution in [0, 0.1) is 6.92 Å². The first-order valence-electron chi connectivity index (χ1n) is 4.73. The Morgan fingerprint density at radius 2 is 2.44 bits per heavy atom. The van der Waals surface area contributed by atoms with Crippen molar-refractivity contribution in [1.29, 1.82) is 0 Å². The zero-order valence-corrected chi connectivity index (χ0v) is 10.9. The third-order valence-corrected chi connectivity index (χ3v) is 2.13. The molecular weight excluding hydrogens is 274 g/mol. The summed E-state index contributed by atoms with van der Waals surface area (Å²) in [5, 5.41) is 6.50. The van der Waals surface area contributed by atoms with Crippen LogP contribution in [0.25, 0.3) is 0 Å². The van der Waals surface area contributed by atoms with E-state index in [1.165, 1.54) is 4.90 Å². The SMILES string of the molecule is C=C(Br)CNC(=O)N(C)Cc1cc(C)on1. The molecule has 0 aliphatic heterocycles. The van der Waals surface area contributed by atoms with Gasteiger partial charge in [0, 0.05) is 17.6 Å². The molecule has 6 heteroatoms. The van der Waals surface area contributed by atoms with Crippen molar-refractivity contribution in [1.82, 2.24) is 15.4 Å². The highest BCUT2D eigenvalue weighted by atomic mass is 79.9. The van der Waals surface area contributed by atoms with Crippen molar-refractivity contribution in [2.24, 2.45) is 0 Å². The molecule has 1 rings (SSSR count). The fraction of sp³-hybridized carbons (Fsp3) is 0.400. The molecule has 0 radical (unpaired) electrons. The molecule has 1 aromatic heterocycles. The number of hydrogen-bond donors (Lipinski definition) is 1. The van der Waals surface area contributed by atoms with Gasteiger partial charge < -0.3 is 14.7 Å². The summed E-state index contributed by atoms with van der Waals surface area (Å²) in [6.07, 6.45) is 0. The summed E-state index contributed by atoms with van der Waals surface area (Å²) in [6, 6.07) is 1.62. The van der Waals surface area contributed by atoms with Gasteiger partial charge in [0.1, 0.15) is 11.5 Å². The van der Waals surface area contributed by atoms with E-state index in [0.717, 1.165) is 15.9 Å². The van der Waals surface area contributed by atoms with Crippen LogP contribution >= 0.6 is 15.9 Å². The number of aryl methyl sites for hydroxylation is 1. The maximum atomic E-state index is 11.6. The standard InChI is InChI=1S/C10H14BrN3O2/c1-7(11)5-12-10(15)14(3)6-9-4-8(2)16-13-9/h4H,1,5-6H2,2-3H3,(H,12,15). The lowest BCUT2D eigenvalue weighted by Crippen LogP contribution is -2.37. The van der Waals surface area contributed by atoms with Crippen LogP contribution in [0.4, 0.5) is 4.79 Å². The molecule has 1 heterocycles. The molecule has 2 amide bonds. The first-order chi connectivity index (χ1) is 7.49. The predicted molar refractivity (Wildman–Crippen MR) is 64.2 cm³/mol. The van der Waals surface area contributed by atoms with Gasteiger partial charge in [0.05, 0.1) is 13.1 Å². The molecule has 0 bridgehead atoms. The summed E-state index contributed by atoms with van der Waals surface area (Å²) in [7, 11) is 1.69. The summed E-state index contributed by atoms with van der Waals surface area (Å²) < 4.78 is 5.64. The fourth-order valence-electron chi connectivity index (χ4n) is 1.11. The maximum Gasteiger partial charge on any atom is 0.317 e. The van der Waals surface area contributed by atoms with Gasteiger partial charge >= 0.3 is 6.03 Å². The third-order valence-electron chi connectivity index (χ3n) is 1.85. The van der Waals surface area contributed by atoms with E-state index < -0.39 is 0 Å². The number of hydrogen-bond acceptors (Lipinski definition) is 3. The van der Waals surface area contributed by atoms with Gasteiger partial charge in [-0.15, -0.1) is 0 Å². The van der Waals surface area contributed by atoms with Crippen LogP contribution in [0.5, 0.6) is 0 Å². The molecule has 0 unspecified atom stereocenters. The Morgan fingerprint density at radius 1 is 1.75 bits per heavy atom. The molecule has 1 N–H and O–H groups in total. The molecule has 0 saturated heterocycles. The van der Waals surface area contributed by atoms with E-state index in [0.29, 0.717) is 13.1 Å². The topological polar surface area (TPSA) is 58.4 Å². The van der Waals surface area contributed by atoms with Gasteiger partial charge in [-0.25, -0.2) is 4.79 Å². The van der Waals surface area contributed by atoms with Crippen molar-refractivity contribution >= 4 is 22.0 Å². The Labute approximate surface area is 103 Å². The summed E-state index contributed by atoms with van der Waals surface area (Å²) in [5.41, 5.74) is 0.729. The second-order valence-electron chi connectivity index (χ2n) is 3.46. The third kappa shape index (κ3) is 4.06. The Hall–Kier alpha value is -1.30. The normalized spacial score (nSPS) is 9.94. The highest BCUT2D eigenvalue weighted by molar-refractivity contribution is 9.11. The second kappa shape index (κ2) is 5.69. The molecule has 0 aliphatic carbocycles. The van der Waals surface area contributed by atoms with Gasteiger partial charge in [0.2, 0.25) is 0 Å². The molecule has 0 aromatic carbocycles. The van der Waals surface area contributed by atoms with Crippen molar-refractivity contribution in [2.75, 3.05) is 13.6 Å². The zero-order chi connectivity index (χ0) is 12.1. The van der Waals surface area contributed by atoms with E-state index in [1.54, 1.807) is 13.1 Å². The van der Waals surface area contributed by atoms with Crippen LogP contribution < -0.4 is 5.32 Å². The first-order valence-corrected chi connectivity index (χ1v) is 5.53. The monoisotopic (exact) mass is 287 g/mol. The Bertz CT molecular complexity index is 389. The van der Waals surface area contributed by atoms with E-state index in [4.69, 9.17) is 4.52 Å². The van der Waals surface area contributed by atoms with Crippen molar-refractivity contribution in [3.8, 4) is 0 Å². The van der Waals surface area contributed by atoms with Crippen molar-refractivity contribution in [3.63, 3.8) is 0 Å². The summed E-state index contributed by atoms with van der Waals surface area (Å²) >= 11 is 3.17. The molecule has 0 atom stereocenters. The van der Waals surface area contributed by atoms with Gasteiger partial charge in [-0.1, -0.05) is 27.7 Å². The molecule has 1 aromatic rings. The van der Waals surface area contributed by atoms with Crippen LogP contribution in [0.1, 0.15) is 11.5 Å². The van der Waals surface area contributed by atoms with Crippen molar-refractivity contribution < 1.29 is 9.32 Å². The number of urea groups is 1. The lowest BCUT2D eigenvalue weighted by Gasteiger charge is -2.16. The van der Waals surface area contributed by atoms with E-state index in [-0.39, 0.29) is 6.03 Å². The Kier molecular flexibility index (Phi) is 4.54. The van der Waals surface area contributed by atoms with E-state index in [9.17, 15) is 4.79 Å². The minimum Gasteiger partial charge on any atom is -0.361 e. The number of carbonyl (C=O) groups is 1. The highest BCUT2D eigenvalue weighted by Gasteiger charge is 2.10. The summed E-state index contributed by atoms with van der Waals surface area (Å²) in [4.78, 5) is 13.1. The Morgan fingerprint density at radius 3 is 2.94 bits per heavy atom. The molecule has 0 saturated carbocycles. The number of nitrogens with one attached hydrogen (secondary N) is 1. The molecule has 16 heavy (non-hydrogen) atoms. The smallest absolute Gasteiger partial charge is 0.317 e. The van der Waals surface area contributed by atoms with Crippen LogP contribution in [-0.2, 0) is 6.54 Å². The number of halogens is 1. The van der Waals surface area contributed by atoms with Crippen LogP contribution in [0.3, 0.4) is 0 Å². The average molecular weight is 288 g/mol. The highest BCUT2D eigenvalue weighted by Crippen LogP contribution is 2.04. The fourth-order valence-corrected chi connectivity index (χ4v) is 1.25. The number of carbonyl (C=O) groups excluding carboxylic acids is 1. The van der Waals surface area contributed by atoms with Gasteiger partial charge in [-0.05, 0) is 6.92 Å². The largest absolute Gasteiger partial charge is 0.361 e. The number of amides is 2. The lowest BCUT2D eigenvalue weighted by atomic mass is 10.3. The van der Waals surface area contributed by atoms with Crippen LogP contribution in [0.15, 0.2) is 21.7 Å². The van der Waals surface area contributed by atoms with Gasteiger partial charge in [0.25, 0.3) is 0 Å². The Balaban J connectivity index is 2.42. The molecule has 88 valence electrons.